The van der Waals surface area contributed by atoms with Gasteiger partial charge in [-0.3, -0.25) is 0 Å². The second-order valence-electron chi connectivity index (χ2n) is 1.92. The summed E-state index contributed by atoms with van der Waals surface area (Å²) < 4.78 is 1.58. The van der Waals surface area contributed by atoms with Crippen LogP contribution < -0.4 is 5.73 Å². The Bertz CT molecular complexity index is 283. The van der Waals surface area contributed by atoms with Gasteiger partial charge in [-0.2, -0.15) is 0 Å². The SMILES string of the molecule is NC(=S)Cn1cnc(Cl)c1Cl. The van der Waals surface area contributed by atoms with Gasteiger partial charge in [0, 0.05) is 0 Å². The molecule has 60 valence electrons. The van der Waals surface area contributed by atoms with Crippen molar-refractivity contribution in [2.24, 2.45) is 5.73 Å². The van der Waals surface area contributed by atoms with Gasteiger partial charge in [0.15, 0.2) is 5.15 Å². The minimum atomic E-state index is 0.267. The van der Waals surface area contributed by atoms with E-state index in [2.05, 4.69) is 17.2 Å². The van der Waals surface area contributed by atoms with Gasteiger partial charge in [-0.15, -0.1) is 0 Å². The van der Waals surface area contributed by atoms with Crippen molar-refractivity contribution in [3.63, 3.8) is 0 Å². The Morgan fingerprint density at radius 3 is 2.73 bits per heavy atom. The molecule has 1 aromatic heterocycles. The molecule has 0 spiro atoms. The lowest BCUT2D eigenvalue weighted by molar-refractivity contribution is 0.854. The molecule has 0 aliphatic heterocycles. The van der Waals surface area contributed by atoms with Gasteiger partial charge in [0.2, 0.25) is 0 Å². The van der Waals surface area contributed by atoms with Crippen molar-refractivity contribution in [2.75, 3.05) is 0 Å². The van der Waals surface area contributed by atoms with Crippen LogP contribution in [0, 0.1) is 0 Å². The smallest absolute Gasteiger partial charge is 0.166 e. The monoisotopic (exact) mass is 209 g/mol. The van der Waals surface area contributed by atoms with Crippen LogP contribution in [-0.4, -0.2) is 14.5 Å². The van der Waals surface area contributed by atoms with Gasteiger partial charge in [-0.05, 0) is 0 Å². The Morgan fingerprint density at radius 1 is 1.73 bits per heavy atom. The van der Waals surface area contributed by atoms with E-state index in [0.29, 0.717) is 16.7 Å². The number of thiocarbonyl (C=S) groups is 1. The number of hydrogen-bond acceptors (Lipinski definition) is 2. The van der Waals surface area contributed by atoms with Gasteiger partial charge < -0.3 is 10.3 Å². The predicted molar refractivity (Wildman–Crippen MR) is 49.0 cm³/mol. The van der Waals surface area contributed by atoms with Crippen LogP contribution in [0.3, 0.4) is 0 Å². The molecule has 6 heteroatoms. The van der Waals surface area contributed by atoms with Crippen LogP contribution in [0.1, 0.15) is 0 Å². The molecule has 0 bridgehead atoms. The molecular weight excluding hydrogens is 205 g/mol. The van der Waals surface area contributed by atoms with Gasteiger partial charge in [-0.25, -0.2) is 4.98 Å². The van der Waals surface area contributed by atoms with Gasteiger partial charge in [0.1, 0.15) is 5.15 Å². The lowest BCUT2D eigenvalue weighted by atomic mass is 10.6. The molecule has 2 N–H and O–H groups in total. The molecule has 1 rings (SSSR count). The third-order valence-electron chi connectivity index (χ3n) is 1.06. The van der Waals surface area contributed by atoms with E-state index in [9.17, 15) is 0 Å². The van der Waals surface area contributed by atoms with E-state index in [1.54, 1.807) is 4.57 Å². The van der Waals surface area contributed by atoms with Crippen LogP contribution in [-0.2, 0) is 6.54 Å². The number of rotatable bonds is 2. The Hall–Kier alpha value is -0.320. The number of halogens is 2. The highest BCUT2D eigenvalue weighted by Gasteiger charge is 2.05. The lowest BCUT2D eigenvalue weighted by Gasteiger charge is -1.99. The second kappa shape index (κ2) is 3.38. The molecule has 0 unspecified atom stereocenters. The molecule has 0 fully saturated rings. The van der Waals surface area contributed by atoms with E-state index in [4.69, 9.17) is 28.9 Å². The molecule has 0 saturated carbocycles. The summed E-state index contributed by atoms with van der Waals surface area (Å²) in [4.78, 5) is 4.10. The summed E-state index contributed by atoms with van der Waals surface area (Å²) in [6, 6.07) is 0. The standard InChI is InChI=1S/C5H5Cl2N3S/c6-4-5(7)10(2-9-4)1-3(8)11/h2H,1H2,(H2,8,11). The van der Waals surface area contributed by atoms with Gasteiger partial charge >= 0.3 is 0 Å². The largest absolute Gasteiger partial charge is 0.392 e. The fourth-order valence-electron chi connectivity index (χ4n) is 0.621. The highest BCUT2D eigenvalue weighted by Crippen LogP contribution is 2.18. The zero-order valence-corrected chi connectivity index (χ0v) is 7.75. The van der Waals surface area contributed by atoms with Crippen molar-refractivity contribution in [2.45, 2.75) is 6.54 Å². The van der Waals surface area contributed by atoms with Crippen molar-refractivity contribution < 1.29 is 0 Å². The van der Waals surface area contributed by atoms with Crippen molar-refractivity contribution in [3.05, 3.63) is 16.6 Å². The van der Waals surface area contributed by atoms with Crippen LogP contribution in [0.5, 0.6) is 0 Å². The van der Waals surface area contributed by atoms with Crippen LogP contribution in [0.25, 0.3) is 0 Å². The maximum absolute atomic E-state index is 5.71. The molecule has 1 aromatic rings. The van der Waals surface area contributed by atoms with E-state index in [1.165, 1.54) is 6.33 Å². The van der Waals surface area contributed by atoms with Crippen LogP contribution in [0.2, 0.25) is 10.3 Å². The highest BCUT2D eigenvalue weighted by atomic mass is 35.5. The minimum Gasteiger partial charge on any atom is -0.392 e. The fourth-order valence-corrected chi connectivity index (χ4v) is 1.06. The molecule has 11 heavy (non-hydrogen) atoms. The summed E-state index contributed by atoms with van der Waals surface area (Å²) in [7, 11) is 0. The first-order chi connectivity index (χ1) is 5.11. The maximum Gasteiger partial charge on any atom is 0.166 e. The van der Waals surface area contributed by atoms with Crippen LogP contribution in [0.15, 0.2) is 6.33 Å². The number of aromatic nitrogens is 2. The van der Waals surface area contributed by atoms with Crippen molar-refractivity contribution in [1.82, 2.24) is 9.55 Å². The quantitative estimate of drug-likeness (QED) is 0.751. The molecule has 1 heterocycles. The number of hydrogen-bond donors (Lipinski definition) is 1. The molecule has 0 saturated heterocycles. The normalized spacial score (nSPS) is 10.0. The molecule has 0 radical (unpaired) electrons. The third-order valence-corrected chi connectivity index (χ3v) is 1.96. The van der Waals surface area contributed by atoms with Crippen molar-refractivity contribution >= 4 is 40.4 Å². The van der Waals surface area contributed by atoms with E-state index in [-0.39, 0.29) is 5.15 Å². The van der Waals surface area contributed by atoms with Gasteiger partial charge in [-0.1, -0.05) is 35.4 Å². The molecule has 0 amide bonds. The molecular formula is C5H5Cl2N3S. The summed E-state index contributed by atoms with van der Waals surface area (Å²) in [6.45, 7) is 0.369. The van der Waals surface area contributed by atoms with Crippen molar-refractivity contribution in [3.8, 4) is 0 Å². The topological polar surface area (TPSA) is 43.8 Å². The Kier molecular flexibility index (Phi) is 2.70. The zero-order chi connectivity index (χ0) is 8.43. The third kappa shape index (κ3) is 2.05. The Morgan fingerprint density at radius 2 is 2.36 bits per heavy atom. The molecule has 0 aliphatic rings. The average Bonchev–Trinajstić information content (AvgIpc) is 2.18. The first kappa shape index (κ1) is 8.77. The summed E-state index contributed by atoms with van der Waals surface area (Å²) in [6.07, 6.45) is 1.49. The van der Waals surface area contributed by atoms with Crippen molar-refractivity contribution in [1.29, 1.82) is 0 Å². The van der Waals surface area contributed by atoms with Gasteiger partial charge in [0.25, 0.3) is 0 Å². The van der Waals surface area contributed by atoms with E-state index >= 15 is 0 Å². The van der Waals surface area contributed by atoms with E-state index < -0.39 is 0 Å². The van der Waals surface area contributed by atoms with E-state index in [1.807, 2.05) is 0 Å². The molecule has 0 aromatic carbocycles. The maximum atomic E-state index is 5.71. The molecule has 3 nitrogen and oxygen atoms in total. The first-order valence-electron chi connectivity index (χ1n) is 2.75. The van der Waals surface area contributed by atoms with Gasteiger partial charge in [0.05, 0.1) is 17.9 Å². The zero-order valence-electron chi connectivity index (χ0n) is 5.42. The average molecular weight is 210 g/mol. The second-order valence-corrected chi connectivity index (χ2v) is 3.16. The summed E-state index contributed by atoms with van der Waals surface area (Å²) >= 11 is 15.9. The fraction of sp³-hybridized carbons (Fsp3) is 0.200. The number of nitrogens with two attached hydrogens (primary N) is 1. The Balaban J connectivity index is 2.87. The van der Waals surface area contributed by atoms with E-state index in [0.717, 1.165) is 0 Å². The Labute approximate surface area is 79.1 Å². The van der Waals surface area contributed by atoms with Crippen LogP contribution >= 0.6 is 35.4 Å². The summed E-state index contributed by atoms with van der Waals surface area (Å²) in [5.74, 6) is 0. The number of imidazole rings is 1. The lowest BCUT2D eigenvalue weighted by Crippen LogP contribution is -2.15. The predicted octanol–water partition coefficient (Wildman–Crippen LogP) is 1.48. The highest BCUT2D eigenvalue weighted by molar-refractivity contribution is 7.80. The number of nitrogens with zero attached hydrogens (tertiary/aromatic N) is 2. The minimum absolute atomic E-state index is 0.267. The summed E-state index contributed by atoms with van der Waals surface area (Å²) in [5.41, 5.74) is 5.28. The van der Waals surface area contributed by atoms with Crippen LogP contribution in [0.4, 0.5) is 0 Å². The first-order valence-corrected chi connectivity index (χ1v) is 3.92. The molecule has 0 aliphatic carbocycles. The molecule has 0 atom stereocenters. The summed E-state index contributed by atoms with van der Waals surface area (Å²) in [5, 5.41) is 0.627.